The maximum atomic E-state index is 9.16. The Morgan fingerprint density at radius 1 is 1.14 bits per heavy atom. The molecular weight excluding hydrogens is 326 g/mol. The van der Waals surface area contributed by atoms with Gasteiger partial charge in [-0.15, -0.1) is 0 Å². The Hall–Kier alpha value is -2.38. The molecule has 2 aromatic carbocycles. The molecule has 102 valence electrons. The maximum Gasteiger partial charge on any atom is 0.101 e. The number of hydrogen-bond acceptors (Lipinski definition) is 3. The fraction of sp³-hybridized carbons (Fsp3) is 0.0588. The van der Waals surface area contributed by atoms with Gasteiger partial charge in [0.05, 0.1) is 16.8 Å². The number of para-hydroxylation sites is 1. The lowest BCUT2D eigenvalue weighted by Gasteiger charge is -2.10. The Balaban J connectivity index is 1.91. The van der Waals surface area contributed by atoms with Crippen molar-refractivity contribution in [3.8, 4) is 6.07 Å². The molecule has 0 spiro atoms. The van der Waals surface area contributed by atoms with Gasteiger partial charge in [0.2, 0.25) is 0 Å². The number of nitrogens with one attached hydrogen (secondary N) is 1. The van der Waals surface area contributed by atoms with E-state index in [0.29, 0.717) is 12.1 Å². The fourth-order valence-corrected chi connectivity index (χ4v) is 2.62. The van der Waals surface area contributed by atoms with Crippen LogP contribution < -0.4 is 5.32 Å². The molecule has 0 aliphatic carbocycles. The minimum absolute atomic E-state index is 0.624. The number of rotatable bonds is 3. The fourth-order valence-electron chi connectivity index (χ4n) is 2.26. The molecule has 21 heavy (non-hydrogen) atoms. The molecule has 0 fully saturated rings. The summed E-state index contributed by atoms with van der Waals surface area (Å²) in [5.74, 6) is 0. The zero-order valence-electron chi connectivity index (χ0n) is 11.2. The lowest BCUT2D eigenvalue weighted by molar-refractivity contribution is 1.15. The second-order valence-electron chi connectivity index (χ2n) is 4.65. The maximum absolute atomic E-state index is 9.16. The molecule has 0 saturated heterocycles. The number of hydrogen-bond donors (Lipinski definition) is 1. The predicted octanol–water partition coefficient (Wildman–Crippen LogP) is 4.48. The predicted molar refractivity (Wildman–Crippen MR) is 87.9 cm³/mol. The van der Waals surface area contributed by atoms with Crippen LogP contribution in [0, 0.1) is 11.3 Å². The van der Waals surface area contributed by atoms with E-state index in [1.807, 2.05) is 42.5 Å². The summed E-state index contributed by atoms with van der Waals surface area (Å²) in [6.07, 6.45) is 1.80. The molecular formula is C17H12BrN3. The highest BCUT2D eigenvalue weighted by molar-refractivity contribution is 9.10. The first-order valence-corrected chi connectivity index (χ1v) is 7.33. The highest BCUT2D eigenvalue weighted by atomic mass is 79.9. The third kappa shape index (κ3) is 2.88. The number of benzene rings is 2. The van der Waals surface area contributed by atoms with Crippen molar-refractivity contribution >= 4 is 32.5 Å². The van der Waals surface area contributed by atoms with Crippen molar-refractivity contribution in [2.75, 3.05) is 5.32 Å². The largest absolute Gasteiger partial charge is 0.380 e. The summed E-state index contributed by atoms with van der Waals surface area (Å²) in [6.45, 7) is 0.624. The van der Waals surface area contributed by atoms with E-state index in [1.54, 1.807) is 12.3 Å². The van der Waals surface area contributed by atoms with E-state index in [4.69, 9.17) is 5.26 Å². The Bertz CT molecular complexity index is 832. The number of nitriles is 1. The zero-order chi connectivity index (χ0) is 14.7. The Morgan fingerprint density at radius 3 is 2.86 bits per heavy atom. The van der Waals surface area contributed by atoms with Crippen LogP contribution in [-0.4, -0.2) is 4.98 Å². The molecule has 4 heteroatoms. The summed E-state index contributed by atoms with van der Waals surface area (Å²) in [7, 11) is 0. The second kappa shape index (κ2) is 5.94. The smallest absolute Gasteiger partial charge is 0.101 e. The summed E-state index contributed by atoms with van der Waals surface area (Å²) in [6, 6.07) is 17.9. The average Bonchev–Trinajstić information content (AvgIpc) is 2.53. The molecule has 0 atom stereocenters. The quantitative estimate of drug-likeness (QED) is 0.766. The van der Waals surface area contributed by atoms with Crippen LogP contribution in [-0.2, 0) is 6.54 Å². The monoisotopic (exact) mass is 337 g/mol. The van der Waals surface area contributed by atoms with E-state index in [0.717, 1.165) is 26.6 Å². The van der Waals surface area contributed by atoms with Crippen molar-refractivity contribution in [2.45, 2.75) is 6.54 Å². The molecule has 0 bridgehead atoms. The van der Waals surface area contributed by atoms with E-state index in [1.165, 1.54) is 0 Å². The van der Waals surface area contributed by atoms with Crippen LogP contribution in [0.3, 0.4) is 0 Å². The Morgan fingerprint density at radius 2 is 2.00 bits per heavy atom. The number of halogens is 1. The summed E-state index contributed by atoms with van der Waals surface area (Å²) in [5.41, 5.74) is 3.55. The van der Waals surface area contributed by atoms with Crippen molar-refractivity contribution < 1.29 is 0 Å². The summed E-state index contributed by atoms with van der Waals surface area (Å²) in [5, 5.41) is 13.6. The zero-order valence-corrected chi connectivity index (χ0v) is 12.8. The molecule has 3 aromatic rings. The van der Waals surface area contributed by atoms with E-state index in [2.05, 4.69) is 32.3 Å². The molecule has 0 unspecified atom stereocenters. The normalized spacial score (nSPS) is 10.3. The number of fused-ring (bicyclic) bond motifs is 1. The van der Waals surface area contributed by atoms with Gasteiger partial charge in [0, 0.05) is 22.6 Å². The van der Waals surface area contributed by atoms with Gasteiger partial charge < -0.3 is 5.32 Å². The summed E-state index contributed by atoms with van der Waals surface area (Å²) >= 11 is 3.43. The molecule has 3 nitrogen and oxygen atoms in total. The molecule has 1 heterocycles. The van der Waals surface area contributed by atoms with E-state index in [9.17, 15) is 0 Å². The van der Waals surface area contributed by atoms with Crippen LogP contribution in [0.1, 0.15) is 11.1 Å². The van der Waals surface area contributed by atoms with Gasteiger partial charge in [-0.25, -0.2) is 0 Å². The lowest BCUT2D eigenvalue weighted by Crippen LogP contribution is -2.02. The van der Waals surface area contributed by atoms with Crippen LogP contribution in [0.5, 0.6) is 0 Å². The first-order chi connectivity index (χ1) is 10.3. The van der Waals surface area contributed by atoms with Gasteiger partial charge in [-0.2, -0.15) is 5.26 Å². The number of anilines is 1. The first kappa shape index (κ1) is 13.6. The van der Waals surface area contributed by atoms with Crippen molar-refractivity contribution in [3.05, 3.63) is 70.3 Å². The van der Waals surface area contributed by atoms with Crippen LogP contribution in [0.15, 0.2) is 59.2 Å². The molecule has 3 rings (SSSR count). The van der Waals surface area contributed by atoms with Crippen molar-refractivity contribution in [1.82, 2.24) is 4.98 Å². The molecule has 1 N–H and O–H groups in total. The van der Waals surface area contributed by atoms with E-state index >= 15 is 0 Å². The average molecular weight is 338 g/mol. The Labute approximate surface area is 131 Å². The minimum Gasteiger partial charge on any atom is -0.380 e. The molecule has 0 amide bonds. The van der Waals surface area contributed by atoms with Crippen LogP contribution in [0.25, 0.3) is 10.9 Å². The number of nitrogens with zero attached hydrogens (tertiary/aromatic N) is 2. The SMILES string of the molecule is N#Cc1ccc(Br)cc1NCc1cccc2cccnc12. The Kier molecular flexibility index (Phi) is 3.85. The molecule has 0 aliphatic heterocycles. The van der Waals surface area contributed by atoms with Crippen LogP contribution in [0.4, 0.5) is 5.69 Å². The van der Waals surface area contributed by atoms with Gasteiger partial charge in [-0.05, 0) is 29.8 Å². The van der Waals surface area contributed by atoms with Crippen molar-refractivity contribution in [2.24, 2.45) is 0 Å². The third-order valence-corrected chi connectivity index (χ3v) is 3.78. The summed E-state index contributed by atoms with van der Waals surface area (Å²) < 4.78 is 0.944. The van der Waals surface area contributed by atoms with Gasteiger partial charge in [-0.3, -0.25) is 4.98 Å². The number of aromatic nitrogens is 1. The minimum atomic E-state index is 0.624. The van der Waals surface area contributed by atoms with Gasteiger partial charge in [0.1, 0.15) is 6.07 Å². The second-order valence-corrected chi connectivity index (χ2v) is 5.56. The van der Waals surface area contributed by atoms with E-state index in [-0.39, 0.29) is 0 Å². The van der Waals surface area contributed by atoms with Crippen molar-refractivity contribution in [1.29, 1.82) is 5.26 Å². The van der Waals surface area contributed by atoms with Crippen molar-refractivity contribution in [3.63, 3.8) is 0 Å². The van der Waals surface area contributed by atoms with Gasteiger partial charge in [0.15, 0.2) is 0 Å². The van der Waals surface area contributed by atoms with Crippen LogP contribution in [0.2, 0.25) is 0 Å². The topological polar surface area (TPSA) is 48.7 Å². The van der Waals surface area contributed by atoms with E-state index < -0.39 is 0 Å². The summed E-state index contributed by atoms with van der Waals surface area (Å²) in [4.78, 5) is 4.44. The lowest BCUT2D eigenvalue weighted by atomic mass is 10.1. The van der Waals surface area contributed by atoms with Gasteiger partial charge >= 0.3 is 0 Å². The van der Waals surface area contributed by atoms with Gasteiger partial charge in [-0.1, -0.05) is 40.2 Å². The molecule has 0 aliphatic rings. The van der Waals surface area contributed by atoms with Gasteiger partial charge in [0.25, 0.3) is 0 Å². The third-order valence-electron chi connectivity index (χ3n) is 3.29. The highest BCUT2D eigenvalue weighted by Crippen LogP contribution is 2.23. The molecule has 1 aromatic heterocycles. The standard InChI is InChI=1S/C17H12BrN3/c18-15-7-6-13(10-19)16(9-15)21-11-14-4-1-3-12-5-2-8-20-17(12)14/h1-9,21H,11H2. The first-order valence-electron chi connectivity index (χ1n) is 6.54. The molecule has 0 radical (unpaired) electrons. The highest BCUT2D eigenvalue weighted by Gasteiger charge is 2.05. The van der Waals surface area contributed by atoms with Crippen LogP contribution >= 0.6 is 15.9 Å². The molecule has 0 saturated carbocycles. The number of pyridine rings is 1.